The van der Waals surface area contributed by atoms with Crippen molar-refractivity contribution in [1.82, 2.24) is 15.0 Å². The number of hydrogen-bond donors (Lipinski definition) is 3. The third kappa shape index (κ3) is 7.59. The number of ether oxygens (including phenoxy) is 4. The van der Waals surface area contributed by atoms with Crippen molar-refractivity contribution in [2.75, 3.05) is 92.9 Å². The highest BCUT2D eigenvalue weighted by Crippen LogP contribution is 2.35. The van der Waals surface area contributed by atoms with Crippen molar-refractivity contribution in [3.63, 3.8) is 0 Å². The first-order valence-corrected chi connectivity index (χ1v) is 13.4. The van der Waals surface area contributed by atoms with Gasteiger partial charge in [-0.1, -0.05) is 0 Å². The van der Waals surface area contributed by atoms with E-state index in [1.165, 1.54) is 12.1 Å². The predicted octanol–water partition coefficient (Wildman–Crippen LogP) is 1.98. The number of nitrogens with zero attached hydrogens (tertiary/aromatic N) is 6. The summed E-state index contributed by atoms with van der Waals surface area (Å²) >= 11 is 0. The Morgan fingerprint density at radius 3 is 2.34 bits per heavy atom. The van der Waals surface area contributed by atoms with Crippen LogP contribution in [0.25, 0.3) is 0 Å². The van der Waals surface area contributed by atoms with Gasteiger partial charge >= 0.3 is 0 Å². The van der Waals surface area contributed by atoms with Gasteiger partial charge in [-0.25, -0.2) is 0 Å². The first-order valence-electron chi connectivity index (χ1n) is 13.4. The summed E-state index contributed by atoms with van der Waals surface area (Å²) in [5, 5.41) is 17.4. The smallest absolute Gasteiger partial charge is 0.269 e. The van der Waals surface area contributed by atoms with Gasteiger partial charge in [-0.05, 0) is 24.3 Å². The lowest BCUT2D eigenvalue weighted by molar-refractivity contribution is -0.384. The van der Waals surface area contributed by atoms with E-state index in [4.69, 9.17) is 24.7 Å². The van der Waals surface area contributed by atoms with E-state index in [-0.39, 0.29) is 12.5 Å². The zero-order valence-corrected chi connectivity index (χ0v) is 22.5. The molecule has 15 heteroatoms. The van der Waals surface area contributed by atoms with Crippen molar-refractivity contribution in [1.29, 1.82) is 0 Å². The van der Waals surface area contributed by atoms with Crippen LogP contribution in [-0.2, 0) is 9.47 Å². The number of fused-ring (bicyclic) bond motifs is 1. The highest BCUT2D eigenvalue weighted by Gasteiger charge is 2.22. The number of nitrogens with one attached hydrogen (secondary N) is 2. The summed E-state index contributed by atoms with van der Waals surface area (Å²) in [4.78, 5) is 28.8. The van der Waals surface area contributed by atoms with Crippen LogP contribution in [0, 0.1) is 10.1 Å². The molecule has 0 aliphatic carbocycles. The number of benzene rings is 2. The van der Waals surface area contributed by atoms with E-state index in [2.05, 4.69) is 35.4 Å². The van der Waals surface area contributed by atoms with Crippen molar-refractivity contribution in [3.05, 3.63) is 52.6 Å². The summed E-state index contributed by atoms with van der Waals surface area (Å²) in [6.07, 6.45) is 0. The van der Waals surface area contributed by atoms with Crippen LogP contribution in [0.2, 0.25) is 0 Å². The molecule has 2 aromatic carbocycles. The van der Waals surface area contributed by atoms with Crippen LogP contribution in [0.5, 0.6) is 11.5 Å². The van der Waals surface area contributed by atoms with Gasteiger partial charge in [0, 0.05) is 68.8 Å². The number of aromatic nitrogens is 3. The molecule has 0 bridgehead atoms. The summed E-state index contributed by atoms with van der Waals surface area (Å²) in [6, 6.07) is 12.1. The number of nitro benzene ring substituents is 1. The van der Waals surface area contributed by atoms with E-state index in [1.807, 2.05) is 18.2 Å². The van der Waals surface area contributed by atoms with Crippen LogP contribution in [0.3, 0.4) is 0 Å². The molecule has 0 atom stereocenters. The normalized spacial score (nSPS) is 14.3. The molecule has 218 valence electrons. The van der Waals surface area contributed by atoms with Crippen molar-refractivity contribution in [2.24, 2.45) is 5.73 Å². The monoisotopic (exact) mass is 567 g/mol. The molecule has 3 heterocycles. The number of nitrogens with two attached hydrogens (primary N) is 1. The Morgan fingerprint density at radius 2 is 1.59 bits per heavy atom. The van der Waals surface area contributed by atoms with Crippen LogP contribution in [-0.4, -0.2) is 92.4 Å². The Balaban J connectivity index is 1.24. The molecule has 4 N–H and O–H groups in total. The average Bonchev–Trinajstić information content (AvgIpc) is 3.47. The standard InChI is InChI=1S/C26H33N9O6/c27-7-13-38-15-16-39-14-8-28-24-30-25(29-19-1-6-22-23(17-19)41-18-40-22)32-26(31-24)34-11-9-33(10-12-34)20-2-4-21(5-3-20)35(36)37/h1-6,17H,7-16,18,27H2,(H2,28,29,30,31,32). The third-order valence-electron chi connectivity index (χ3n) is 6.40. The van der Waals surface area contributed by atoms with Crippen LogP contribution >= 0.6 is 0 Å². The van der Waals surface area contributed by atoms with E-state index < -0.39 is 4.92 Å². The number of piperazine rings is 1. The van der Waals surface area contributed by atoms with Crippen LogP contribution in [0.1, 0.15) is 0 Å². The molecular formula is C26H33N9O6. The molecule has 0 unspecified atom stereocenters. The van der Waals surface area contributed by atoms with Crippen LogP contribution in [0.15, 0.2) is 42.5 Å². The van der Waals surface area contributed by atoms with Crippen molar-refractivity contribution in [2.45, 2.75) is 0 Å². The Labute approximate surface area is 236 Å². The second-order valence-corrected chi connectivity index (χ2v) is 9.16. The van der Waals surface area contributed by atoms with Gasteiger partial charge in [0.15, 0.2) is 11.5 Å². The Hall–Kier alpha value is -4.47. The lowest BCUT2D eigenvalue weighted by Gasteiger charge is -2.36. The largest absolute Gasteiger partial charge is 0.454 e. The maximum atomic E-state index is 11.0. The van der Waals surface area contributed by atoms with Crippen LogP contribution in [0.4, 0.5) is 34.9 Å². The minimum Gasteiger partial charge on any atom is -0.454 e. The summed E-state index contributed by atoms with van der Waals surface area (Å²) < 4.78 is 21.8. The van der Waals surface area contributed by atoms with E-state index in [1.54, 1.807) is 12.1 Å². The summed E-state index contributed by atoms with van der Waals surface area (Å²) in [7, 11) is 0. The first-order chi connectivity index (χ1) is 20.1. The lowest BCUT2D eigenvalue weighted by atomic mass is 10.2. The fraction of sp³-hybridized carbons (Fsp3) is 0.423. The van der Waals surface area contributed by atoms with E-state index in [0.29, 0.717) is 95.0 Å². The SMILES string of the molecule is NCCOCCOCCNc1nc(Nc2ccc3c(c2)OCO3)nc(N2CCN(c3ccc([N+](=O)[O-])cc3)CC2)n1. The zero-order chi connectivity index (χ0) is 28.4. The lowest BCUT2D eigenvalue weighted by Crippen LogP contribution is -2.47. The summed E-state index contributed by atoms with van der Waals surface area (Å²) in [6.45, 7) is 5.83. The van der Waals surface area contributed by atoms with Gasteiger partial charge in [0.2, 0.25) is 24.6 Å². The fourth-order valence-corrected chi connectivity index (χ4v) is 4.33. The first kappa shape index (κ1) is 28.1. The quantitative estimate of drug-likeness (QED) is 0.146. The molecule has 15 nitrogen and oxygen atoms in total. The summed E-state index contributed by atoms with van der Waals surface area (Å²) in [5.41, 5.74) is 7.18. The molecule has 0 saturated carbocycles. The van der Waals surface area contributed by atoms with Gasteiger partial charge in [0.25, 0.3) is 5.69 Å². The maximum absolute atomic E-state index is 11.0. The number of hydrogen-bond acceptors (Lipinski definition) is 14. The van der Waals surface area contributed by atoms with Crippen molar-refractivity contribution >= 4 is 34.9 Å². The molecule has 0 radical (unpaired) electrons. The molecule has 1 saturated heterocycles. The van der Waals surface area contributed by atoms with Gasteiger partial charge < -0.3 is 45.1 Å². The summed E-state index contributed by atoms with van der Waals surface area (Å²) in [5.74, 6) is 2.67. The van der Waals surface area contributed by atoms with Gasteiger partial charge in [-0.15, -0.1) is 0 Å². The molecule has 1 fully saturated rings. The number of non-ortho nitro benzene ring substituents is 1. The number of rotatable bonds is 14. The van der Waals surface area contributed by atoms with Gasteiger partial charge in [-0.3, -0.25) is 10.1 Å². The molecule has 2 aliphatic heterocycles. The molecule has 2 aliphatic rings. The van der Waals surface area contributed by atoms with Gasteiger partial charge in [0.05, 0.1) is 31.4 Å². The molecule has 0 amide bonds. The zero-order valence-electron chi connectivity index (χ0n) is 22.5. The molecular weight excluding hydrogens is 534 g/mol. The van der Waals surface area contributed by atoms with Crippen molar-refractivity contribution < 1.29 is 23.9 Å². The Kier molecular flexibility index (Phi) is 9.41. The van der Waals surface area contributed by atoms with Crippen LogP contribution < -0.4 is 35.6 Å². The third-order valence-corrected chi connectivity index (χ3v) is 6.40. The molecule has 5 rings (SSSR count). The predicted molar refractivity (Wildman–Crippen MR) is 152 cm³/mol. The Bertz CT molecular complexity index is 1310. The molecule has 1 aromatic heterocycles. The topological polar surface area (TPSA) is 175 Å². The fourth-order valence-electron chi connectivity index (χ4n) is 4.33. The van der Waals surface area contributed by atoms with E-state index in [9.17, 15) is 10.1 Å². The molecule has 3 aromatic rings. The van der Waals surface area contributed by atoms with E-state index in [0.717, 1.165) is 11.4 Å². The second kappa shape index (κ2) is 13.7. The number of nitro groups is 1. The number of anilines is 5. The molecule has 0 spiro atoms. The highest BCUT2D eigenvalue weighted by atomic mass is 16.7. The second-order valence-electron chi connectivity index (χ2n) is 9.16. The van der Waals surface area contributed by atoms with Crippen molar-refractivity contribution in [3.8, 4) is 11.5 Å². The molecule has 41 heavy (non-hydrogen) atoms. The average molecular weight is 568 g/mol. The Morgan fingerprint density at radius 1 is 0.878 bits per heavy atom. The highest BCUT2D eigenvalue weighted by molar-refractivity contribution is 5.62. The van der Waals surface area contributed by atoms with Gasteiger partial charge in [0.1, 0.15) is 0 Å². The van der Waals surface area contributed by atoms with E-state index >= 15 is 0 Å². The minimum atomic E-state index is -0.396. The minimum absolute atomic E-state index is 0.0745. The maximum Gasteiger partial charge on any atom is 0.269 e. The van der Waals surface area contributed by atoms with Gasteiger partial charge in [-0.2, -0.15) is 15.0 Å².